The quantitative estimate of drug-likeness (QED) is 0.444. The number of nitrogens with one attached hydrogen (secondary N) is 2. The Hall–Kier alpha value is -1.44. The van der Waals surface area contributed by atoms with Gasteiger partial charge in [-0.3, -0.25) is 9.89 Å². The van der Waals surface area contributed by atoms with Crippen molar-refractivity contribution in [3.8, 4) is 5.75 Å². The van der Waals surface area contributed by atoms with Crippen molar-refractivity contribution < 1.29 is 9.47 Å². The number of ether oxygens (including phenoxy) is 2. The summed E-state index contributed by atoms with van der Waals surface area (Å²) in [5.74, 6) is 2.92. The van der Waals surface area contributed by atoms with Crippen LogP contribution in [0.15, 0.2) is 29.3 Å². The maximum Gasteiger partial charge on any atom is 0.191 e. The first-order valence-corrected chi connectivity index (χ1v) is 12.7. The lowest BCUT2D eigenvalue weighted by Crippen LogP contribution is -2.49. The zero-order valence-electron chi connectivity index (χ0n) is 19.5. The molecule has 1 aromatic rings. The number of thioether (sulfide) groups is 1. The van der Waals surface area contributed by atoms with Gasteiger partial charge in [-0.05, 0) is 62.2 Å². The molecule has 0 bridgehead atoms. The molecule has 7 heteroatoms. The Morgan fingerprint density at radius 3 is 2.48 bits per heavy atom. The van der Waals surface area contributed by atoms with E-state index in [1.807, 2.05) is 7.05 Å². The number of hydrogen-bond donors (Lipinski definition) is 2. The molecule has 1 atom stereocenters. The van der Waals surface area contributed by atoms with Gasteiger partial charge in [0.1, 0.15) is 5.75 Å². The molecule has 0 aromatic heterocycles. The van der Waals surface area contributed by atoms with Gasteiger partial charge in [0.25, 0.3) is 0 Å². The Morgan fingerprint density at radius 1 is 1.16 bits per heavy atom. The van der Waals surface area contributed by atoms with Crippen molar-refractivity contribution in [3.63, 3.8) is 0 Å². The number of methoxy groups -OCH3 is 1. The lowest BCUT2D eigenvalue weighted by Gasteiger charge is -2.37. The van der Waals surface area contributed by atoms with Crippen molar-refractivity contribution in [2.75, 3.05) is 59.3 Å². The number of guanidine groups is 1. The highest BCUT2D eigenvalue weighted by molar-refractivity contribution is 8.00. The smallest absolute Gasteiger partial charge is 0.191 e. The maximum atomic E-state index is 5.61. The fourth-order valence-corrected chi connectivity index (χ4v) is 5.84. The van der Waals surface area contributed by atoms with Crippen molar-refractivity contribution in [1.82, 2.24) is 15.5 Å². The molecule has 3 rings (SSSR count). The zero-order chi connectivity index (χ0) is 21.9. The fraction of sp³-hybridized carbons (Fsp3) is 0.708. The van der Waals surface area contributed by atoms with Crippen LogP contribution in [0.5, 0.6) is 5.75 Å². The normalized spacial score (nSPS) is 20.8. The van der Waals surface area contributed by atoms with Crippen molar-refractivity contribution >= 4 is 17.7 Å². The van der Waals surface area contributed by atoms with E-state index < -0.39 is 0 Å². The monoisotopic (exact) mass is 448 g/mol. The first-order valence-electron chi connectivity index (χ1n) is 11.7. The number of benzene rings is 1. The van der Waals surface area contributed by atoms with Gasteiger partial charge in [-0.25, -0.2) is 0 Å². The third-order valence-electron chi connectivity index (χ3n) is 6.45. The summed E-state index contributed by atoms with van der Waals surface area (Å²) in [6, 6.07) is 8.86. The minimum Gasteiger partial charge on any atom is -0.497 e. The summed E-state index contributed by atoms with van der Waals surface area (Å²) in [6.45, 7) is 8.02. The number of piperidine rings is 1. The standard InChI is InChI=1S/C24H40N4O2S/c1-4-31-24(12-16-30-17-13-24)19-27-23(25-2)26-18-22(28-14-6-5-7-15-28)20-8-10-21(29-3)11-9-20/h8-11,22H,4-7,12-19H2,1-3H3,(H2,25,26,27). The highest BCUT2D eigenvalue weighted by Gasteiger charge is 2.33. The highest BCUT2D eigenvalue weighted by Crippen LogP contribution is 2.34. The molecule has 0 aliphatic carbocycles. The Bertz CT molecular complexity index is 665. The largest absolute Gasteiger partial charge is 0.497 e. The summed E-state index contributed by atoms with van der Waals surface area (Å²) in [6.07, 6.45) is 6.08. The van der Waals surface area contributed by atoms with Gasteiger partial charge in [0.2, 0.25) is 0 Å². The molecule has 0 radical (unpaired) electrons. The van der Waals surface area contributed by atoms with Crippen LogP contribution in [0.25, 0.3) is 0 Å². The van der Waals surface area contributed by atoms with Crippen LogP contribution in [0.4, 0.5) is 0 Å². The van der Waals surface area contributed by atoms with Crippen molar-refractivity contribution in [3.05, 3.63) is 29.8 Å². The van der Waals surface area contributed by atoms with E-state index >= 15 is 0 Å². The molecule has 1 unspecified atom stereocenters. The van der Waals surface area contributed by atoms with E-state index in [4.69, 9.17) is 9.47 Å². The Labute approximate surface area is 192 Å². The average Bonchev–Trinajstić information content (AvgIpc) is 2.83. The second kappa shape index (κ2) is 12.6. The van der Waals surface area contributed by atoms with Gasteiger partial charge in [0.05, 0.1) is 13.2 Å². The predicted molar refractivity (Wildman–Crippen MR) is 131 cm³/mol. The van der Waals surface area contributed by atoms with Crippen LogP contribution in [0.2, 0.25) is 0 Å². The zero-order valence-corrected chi connectivity index (χ0v) is 20.3. The molecule has 2 saturated heterocycles. The molecule has 0 spiro atoms. The molecule has 2 aliphatic heterocycles. The molecule has 2 N–H and O–H groups in total. The van der Waals surface area contributed by atoms with Gasteiger partial charge in [0.15, 0.2) is 5.96 Å². The summed E-state index contributed by atoms with van der Waals surface area (Å²) in [7, 11) is 3.58. The molecule has 0 saturated carbocycles. The molecule has 6 nitrogen and oxygen atoms in total. The SMILES string of the molecule is CCSC1(CNC(=NC)NCC(c2ccc(OC)cc2)N2CCCCC2)CCOCC1. The number of likely N-dealkylation sites (tertiary alicyclic amines) is 1. The van der Waals surface area contributed by atoms with Gasteiger partial charge >= 0.3 is 0 Å². The van der Waals surface area contributed by atoms with Gasteiger partial charge in [-0.15, -0.1) is 0 Å². The summed E-state index contributed by atoms with van der Waals surface area (Å²) < 4.78 is 11.2. The summed E-state index contributed by atoms with van der Waals surface area (Å²) >= 11 is 2.05. The topological polar surface area (TPSA) is 58.1 Å². The van der Waals surface area contributed by atoms with E-state index in [9.17, 15) is 0 Å². The van der Waals surface area contributed by atoms with Crippen LogP contribution in [0.3, 0.4) is 0 Å². The van der Waals surface area contributed by atoms with Crippen LogP contribution in [-0.2, 0) is 4.74 Å². The third kappa shape index (κ3) is 7.02. The molecular formula is C24H40N4O2S. The van der Waals surface area contributed by atoms with Crippen LogP contribution >= 0.6 is 11.8 Å². The van der Waals surface area contributed by atoms with E-state index in [0.29, 0.717) is 6.04 Å². The van der Waals surface area contributed by atoms with E-state index in [-0.39, 0.29) is 4.75 Å². The average molecular weight is 449 g/mol. The number of rotatable bonds is 9. The van der Waals surface area contributed by atoms with Crippen molar-refractivity contribution in [2.24, 2.45) is 4.99 Å². The van der Waals surface area contributed by atoms with Crippen molar-refractivity contribution in [2.45, 2.75) is 49.8 Å². The summed E-state index contributed by atoms with van der Waals surface area (Å²) in [5, 5.41) is 7.24. The molecular weight excluding hydrogens is 408 g/mol. The van der Waals surface area contributed by atoms with Gasteiger partial charge < -0.3 is 20.1 Å². The number of nitrogens with zero attached hydrogens (tertiary/aromatic N) is 2. The second-order valence-electron chi connectivity index (χ2n) is 8.42. The lowest BCUT2D eigenvalue weighted by molar-refractivity contribution is 0.0782. The van der Waals surface area contributed by atoms with Crippen LogP contribution in [0, 0.1) is 0 Å². The molecule has 31 heavy (non-hydrogen) atoms. The Morgan fingerprint density at radius 2 is 1.87 bits per heavy atom. The van der Waals surface area contributed by atoms with Gasteiger partial charge in [0, 0.05) is 38.1 Å². The fourth-order valence-electron chi connectivity index (χ4n) is 4.59. The molecule has 2 aliphatic rings. The predicted octanol–water partition coefficient (Wildman–Crippen LogP) is 3.69. The van der Waals surface area contributed by atoms with Gasteiger partial charge in [-0.1, -0.05) is 25.5 Å². The summed E-state index contributed by atoms with van der Waals surface area (Å²) in [5.41, 5.74) is 1.33. The Kier molecular flexibility index (Phi) is 9.81. The second-order valence-corrected chi connectivity index (χ2v) is 10.2. The third-order valence-corrected chi connectivity index (χ3v) is 7.90. The number of hydrogen-bond acceptors (Lipinski definition) is 5. The first-order chi connectivity index (χ1) is 15.2. The minimum atomic E-state index is 0.243. The Balaban J connectivity index is 1.62. The maximum absolute atomic E-state index is 5.61. The van der Waals surface area contributed by atoms with Crippen molar-refractivity contribution in [1.29, 1.82) is 0 Å². The molecule has 174 valence electrons. The van der Waals surface area contributed by atoms with Crippen LogP contribution in [0.1, 0.15) is 50.6 Å². The van der Waals surface area contributed by atoms with Gasteiger partial charge in [-0.2, -0.15) is 11.8 Å². The summed E-state index contributed by atoms with van der Waals surface area (Å²) in [4.78, 5) is 7.13. The van der Waals surface area contributed by atoms with E-state index in [0.717, 1.165) is 69.7 Å². The molecule has 2 heterocycles. The molecule has 1 aromatic carbocycles. The highest BCUT2D eigenvalue weighted by atomic mass is 32.2. The molecule has 2 fully saturated rings. The van der Waals surface area contributed by atoms with E-state index in [1.165, 1.54) is 24.8 Å². The number of aliphatic imine (C=N–C) groups is 1. The first kappa shape index (κ1) is 24.2. The van der Waals surface area contributed by atoms with E-state index in [2.05, 4.69) is 63.5 Å². The van der Waals surface area contributed by atoms with E-state index in [1.54, 1.807) is 7.11 Å². The van der Waals surface area contributed by atoms with Crippen LogP contribution in [-0.4, -0.2) is 74.9 Å². The minimum absolute atomic E-state index is 0.243. The lowest BCUT2D eigenvalue weighted by atomic mass is 9.99. The molecule has 0 amide bonds. The van der Waals surface area contributed by atoms with Crippen LogP contribution < -0.4 is 15.4 Å².